The van der Waals surface area contributed by atoms with Gasteiger partial charge in [-0.15, -0.1) is 11.3 Å². The number of pyridine rings is 1. The van der Waals surface area contributed by atoms with Crippen LogP contribution >= 0.6 is 11.3 Å². The quantitative estimate of drug-likeness (QED) is 0.775. The first-order chi connectivity index (χ1) is 10.6. The van der Waals surface area contributed by atoms with Crippen molar-refractivity contribution >= 4 is 33.1 Å². The summed E-state index contributed by atoms with van der Waals surface area (Å²) in [6, 6.07) is 11.8. The maximum absolute atomic E-state index is 11.5. The van der Waals surface area contributed by atoms with Crippen LogP contribution in [0.2, 0.25) is 0 Å². The molecule has 0 aliphatic rings. The molecule has 22 heavy (non-hydrogen) atoms. The highest BCUT2D eigenvalue weighted by Gasteiger charge is 2.14. The Hall–Kier alpha value is -2.91. The van der Waals surface area contributed by atoms with Crippen LogP contribution in [0.5, 0.6) is 0 Å². The lowest BCUT2D eigenvalue weighted by Crippen LogP contribution is -2.11. The van der Waals surface area contributed by atoms with E-state index in [2.05, 4.69) is 11.1 Å². The molecule has 2 aromatic heterocycles. The van der Waals surface area contributed by atoms with Crippen molar-refractivity contribution in [3.63, 3.8) is 0 Å². The number of fused-ring (bicyclic) bond motifs is 1. The van der Waals surface area contributed by atoms with Crippen LogP contribution in [-0.4, -0.2) is 10.9 Å². The minimum atomic E-state index is -0.518. The number of carbonyl (C=O) groups is 1. The highest BCUT2D eigenvalue weighted by atomic mass is 32.1. The monoisotopic (exact) mass is 308 g/mol. The van der Waals surface area contributed by atoms with E-state index in [4.69, 9.17) is 16.7 Å². The molecule has 0 saturated carbocycles. The number of thiophene rings is 1. The van der Waals surface area contributed by atoms with Crippen LogP contribution in [0, 0.1) is 11.3 Å². The van der Waals surface area contributed by atoms with Crippen LogP contribution in [0.25, 0.3) is 20.5 Å². The molecule has 0 fully saturated rings. The number of aromatic nitrogens is 1. The maximum atomic E-state index is 11.5. The number of nitriles is 1. The molecule has 4 N–H and O–H groups in total. The number of amides is 1. The molecule has 1 amide bonds. The van der Waals surface area contributed by atoms with Crippen molar-refractivity contribution in [2.45, 2.75) is 6.42 Å². The molecular formula is C16H12N4OS. The zero-order valence-electron chi connectivity index (χ0n) is 11.5. The second-order valence-electron chi connectivity index (χ2n) is 4.81. The Bertz CT molecular complexity index is 906. The first-order valence-corrected chi connectivity index (χ1v) is 7.36. The number of anilines is 1. The van der Waals surface area contributed by atoms with Gasteiger partial charge in [0, 0.05) is 16.5 Å². The molecule has 108 valence electrons. The van der Waals surface area contributed by atoms with Gasteiger partial charge in [0.25, 0.3) is 5.91 Å². The SMILES string of the molecule is N#CCc1ccc(-c2cc3c(N)ncc(C(N)=O)c3s2)cc1. The molecule has 6 heteroatoms. The van der Waals surface area contributed by atoms with Crippen LogP contribution in [0.15, 0.2) is 36.5 Å². The molecule has 0 spiro atoms. The second kappa shape index (κ2) is 5.47. The average Bonchev–Trinajstić information content (AvgIpc) is 2.94. The number of benzene rings is 1. The fourth-order valence-electron chi connectivity index (χ4n) is 2.24. The minimum absolute atomic E-state index is 0.376. The van der Waals surface area contributed by atoms with Crippen LogP contribution in [0.1, 0.15) is 15.9 Å². The maximum Gasteiger partial charge on any atom is 0.251 e. The molecule has 2 heterocycles. The fourth-order valence-corrected chi connectivity index (χ4v) is 3.43. The fraction of sp³-hybridized carbons (Fsp3) is 0.0625. The van der Waals surface area contributed by atoms with Gasteiger partial charge in [0.1, 0.15) is 5.82 Å². The summed E-state index contributed by atoms with van der Waals surface area (Å²) in [5.41, 5.74) is 13.6. The van der Waals surface area contributed by atoms with Gasteiger partial charge in [0.05, 0.1) is 22.8 Å². The lowest BCUT2D eigenvalue weighted by Gasteiger charge is -1.99. The summed E-state index contributed by atoms with van der Waals surface area (Å²) >= 11 is 1.45. The zero-order valence-corrected chi connectivity index (χ0v) is 12.4. The molecule has 0 bridgehead atoms. The summed E-state index contributed by atoms with van der Waals surface area (Å²) < 4.78 is 0.746. The highest BCUT2D eigenvalue weighted by Crippen LogP contribution is 2.37. The van der Waals surface area contributed by atoms with Gasteiger partial charge in [-0.25, -0.2) is 4.98 Å². The summed E-state index contributed by atoms with van der Waals surface area (Å²) in [5.74, 6) is -0.140. The molecule has 0 saturated heterocycles. The number of nitrogen functional groups attached to an aromatic ring is 1. The average molecular weight is 308 g/mol. The number of rotatable bonds is 3. The standard InChI is InChI=1S/C16H12N4OS/c17-6-5-9-1-3-10(4-2-9)13-7-11-14(22-13)12(16(19)21)8-20-15(11)18/h1-4,7-8H,5H2,(H2,18,20)(H2,19,21). The predicted octanol–water partition coefficient (Wildman–Crippen LogP) is 2.71. The summed E-state index contributed by atoms with van der Waals surface area (Å²) in [4.78, 5) is 16.5. The van der Waals surface area contributed by atoms with Crippen LogP contribution in [0.3, 0.4) is 0 Å². The van der Waals surface area contributed by atoms with Gasteiger partial charge in [0.2, 0.25) is 0 Å². The molecule has 5 nitrogen and oxygen atoms in total. The second-order valence-corrected chi connectivity index (χ2v) is 5.86. The number of nitrogens with zero attached hydrogens (tertiary/aromatic N) is 2. The highest BCUT2D eigenvalue weighted by molar-refractivity contribution is 7.22. The molecule has 0 atom stereocenters. The van der Waals surface area contributed by atoms with E-state index in [1.54, 1.807) is 0 Å². The smallest absolute Gasteiger partial charge is 0.251 e. The molecule has 3 aromatic rings. The van der Waals surface area contributed by atoms with Gasteiger partial charge in [-0.05, 0) is 17.2 Å². The van der Waals surface area contributed by atoms with Crippen molar-refractivity contribution in [1.29, 1.82) is 5.26 Å². The third-order valence-corrected chi connectivity index (χ3v) is 4.59. The topological polar surface area (TPSA) is 106 Å². The van der Waals surface area contributed by atoms with Gasteiger partial charge in [-0.2, -0.15) is 5.26 Å². The molecule has 0 aliphatic carbocycles. The van der Waals surface area contributed by atoms with Crippen molar-refractivity contribution < 1.29 is 4.79 Å². The first kappa shape index (κ1) is 14.0. The minimum Gasteiger partial charge on any atom is -0.383 e. The summed E-state index contributed by atoms with van der Waals surface area (Å²) in [5, 5.41) is 9.44. The molecule has 0 radical (unpaired) electrons. The van der Waals surface area contributed by atoms with E-state index in [9.17, 15) is 4.79 Å². The number of hydrogen-bond donors (Lipinski definition) is 2. The van der Waals surface area contributed by atoms with E-state index >= 15 is 0 Å². The van der Waals surface area contributed by atoms with Crippen LogP contribution in [0.4, 0.5) is 5.82 Å². The number of hydrogen-bond acceptors (Lipinski definition) is 5. The third-order valence-electron chi connectivity index (χ3n) is 3.37. The normalized spacial score (nSPS) is 10.5. The van der Waals surface area contributed by atoms with E-state index < -0.39 is 5.91 Å². The number of carbonyl (C=O) groups excluding carboxylic acids is 1. The number of primary amides is 1. The Balaban J connectivity index is 2.12. The summed E-state index contributed by atoms with van der Waals surface area (Å²) in [7, 11) is 0. The van der Waals surface area contributed by atoms with Crippen molar-refractivity contribution in [2.75, 3.05) is 5.73 Å². The summed E-state index contributed by atoms with van der Waals surface area (Å²) in [6.07, 6.45) is 1.80. The summed E-state index contributed by atoms with van der Waals surface area (Å²) in [6.45, 7) is 0. The van der Waals surface area contributed by atoms with Crippen molar-refractivity contribution in [3.8, 4) is 16.5 Å². The Morgan fingerprint density at radius 2 is 2.05 bits per heavy atom. The van der Waals surface area contributed by atoms with Crippen LogP contribution in [-0.2, 0) is 6.42 Å². The molecule has 0 unspecified atom stereocenters. The van der Waals surface area contributed by atoms with Gasteiger partial charge in [0.15, 0.2) is 0 Å². The van der Waals surface area contributed by atoms with Crippen molar-refractivity contribution in [1.82, 2.24) is 4.98 Å². The molecular weight excluding hydrogens is 296 g/mol. The molecule has 3 rings (SSSR count). The Kier molecular flexibility index (Phi) is 3.49. The third kappa shape index (κ3) is 2.38. The van der Waals surface area contributed by atoms with Gasteiger partial charge < -0.3 is 11.5 Å². The predicted molar refractivity (Wildman–Crippen MR) is 87.3 cm³/mol. The Morgan fingerprint density at radius 3 is 2.68 bits per heavy atom. The van der Waals surface area contributed by atoms with Gasteiger partial charge in [-0.1, -0.05) is 24.3 Å². The van der Waals surface area contributed by atoms with E-state index in [1.165, 1.54) is 17.5 Å². The van der Waals surface area contributed by atoms with Gasteiger partial charge >= 0.3 is 0 Å². The molecule has 0 aliphatic heterocycles. The number of nitrogens with two attached hydrogens (primary N) is 2. The van der Waals surface area contributed by atoms with E-state index in [0.717, 1.165) is 26.1 Å². The van der Waals surface area contributed by atoms with Gasteiger partial charge in [-0.3, -0.25) is 4.79 Å². The van der Waals surface area contributed by atoms with Crippen molar-refractivity contribution in [2.24, 2.45) is 5.73 Å². The van der Waals surface area contributed by atoms with Crippen molar-refractivity contribution in [3.05, 3.63) is 47.7 Å². The Morgan fingerprint density at radius 1 is 1.32 bits per heavy atom. The Labute approximate surface area is 130 Å². The lowest BCUT2D eigenvalue weighted by atomic mass is 10.1. The zero-order chi connectivity index (χ0) is 15.7. The van der Waals surface area contributed by atoms with Crippen LogP contribution < -0.4 is 11.5 Å². The lowest BCUT2D eigenvalue weighted by molar-refractivity contribution is 0.100. The van der Waals surface area contributed by atoms with E-state index in [-0.39, 0.29) is 0 Å². The molecule has 1 aromatic carbocycles. The van der Waals surface area contributed by atoms with E-state index in [0.29, 0.717) is 17.8 Å². The van der Waals surface area contributed by atoms with E-state index in [1.807, 2.05) is 30.3 Å². The largest absolute Gasteiger partial charge is 0.383 e. The first-order valence-electron chi connectivity index (χ1n) is 6.54.